The second-order valence-corrected chi connectivity index (χ2v) is 5.33. The molecule has 0 saturated heterocycles. The van der Waals surface area contributed by atoms with Gasteiger partial charge in [-0.15, -0.1) is 0 Å². The molecule has 1 amide bonds. The SMILES string of the molecule is COCc1ccc(C(=O)Nc2ccccc2C(C)C)cc1. The van der Waals surface area contributed by atoms with Gasteiger partial charge >= 0.3 is 0 Å². The molecule has 0 heterocycles. The number of carbonyl (C=O) groups is 1. The maximum atomic E-state index is 12.3. The number of hydrogen-bond donors (Lipinski definition) is 1. The average molecular weight is 283 g/mol. The van der Waals surface area contributed by atoms with Gasteiger partial charge in [-0.1, -0.05) is 44.2 Å². The second-order valence-electron chi connectivity index (χ2n) is 5.33. The molecular weight excluding hydrogens is 262 g/mol. The first-order valence-electron chi connectivity index (χ1n) is 7.10. The van der Waals surface area contributed by atoms with Gasteiger partial charge in [0.2, 0.25) is 0 Å². The van der Waals surface area contributed by atoms with Gasteiger partial charge in [0.1, 0.15) is 0 Å². The van der Waals surface area contributed by atoms with E-state index in [2.05, 4.69) is 19.2 Å². The zero-order chi connectivity index (χ0) is 15.2. The lowest BCUT2D eigenvalue weighted by Crippen LogP contribution is -2.13. The Balaban J connectivity index is 2.14. The molecule has 0 fully saturated rings. The molecule has 0 unspecified atom stereocenters. The molecule has 0 aliphatic carbocycles. The van der Waals surface area contributed by atoms with Crippen molar-refractivity contribution in [3.63, 3.8) is 0 Å². The summed E-state index contributed by atoms with van der Waals surface area (Å²) in [6, 6.07) is 15.4. The molecule has 2 aromatic carbocycles. The topological polar surface area (TPSA) is 38.3 Å². The molecule has 3 heteroatoms. The molecular formula is C18H21NO2. The molecule has 0 aromatic heterocycles. The number of hydrogen-bond acceptors (Lipinski definition) is 2. The maximum Gasteiger partial charge on any atom is 0.255 e. The fourth-order valence-electron chi connectivity index (χ4n) is 2.23. The van der Waals surface area contributed by atoms with E-state index in [1.165, 1.54) is 0 Å². The summed E-state index contributed by atoms with van der Waals surface area (Å²) >= 11 is 0. The maximum absolute atomic E-state index is 12.3. The van der Waals surface area contributed by atoms with Crippen molar-refractivity contribution in [3.8, 4) is 0 Å². The summed E-state index contributed by atoms with van der Waals surface area (Å²) in [5, 5.41) is 2.99. The van der Waals surface area contributed by atoms with Crippen LogP contribution in [0.15, 0.2) is 48.5 Å². The van der Waals surface area contributed by atoms with Crippen LogP contribution in [-0.4, -0.2) is 13.0 Å². The zero-order valence-electron chi connectivity index (χ0n) is 12.7. The molecule has 110 valence electrons. The lowest BCUT2D eigenvalue weighted by Gasteiger charge is -2.13. The van der Waals surface area contributed by atoms with Gasteiger partial charge in [0.25, 0.3) is 5.91 Å². The molecule has 3 nitrogen and oxygen atoms in total. The lowest BCUT2D eigenvalue weighted by atomic mass is 10.0. The van der Waals surface area contributed by atoms with Crippen molar-refractivity contribution in [1.29, 1.82) is 0 Å². The third-order valence-electron chi connectivity index (χ3n) is 3.36. The molecule has 0 aliphatic heterocycles. The Morgan fingerprint density at radius 3 is 2.38 bits per heavy atom. The van der Waals surface area contributed by atoms with Crippen LogP contribution >= 0.6 is 0 Å². The minimum absolute atomic E-state index is 0.0907. The number of carbonyl (C=O) groups excluding carboxylic acids is 1. The van der Waals surface area contributed by atoms with Crippen molar-refractivity contribution in [3.05, 3.63) is 65.2 Å². The number of anilines is 1. The van der Waals surface area contributed by atoms with Crippen molar-refractivity contribution in [1.82, 2.24) is 0 Å². The van der Waals surface area contributed by atoms with Crippen LogP contribution in [0.5, 0.6) is 0 Å². The monoisotopic (exact) mass is 283 g/mol. The van der Waals surface area contributed by atoms with Crippen LogP contribution in [-0.2, 0) is 11.3 Å². The Morgan fingerprint density at radius 1 is 1.10 bits per heavy atom. The van der Waals surface area contributed by atoms with E-state index >= 15 is 0 Å². The zero-order valence-corrected chi connectivity index (χ0v) is 12.7. The van der Waals surface area contributed by atoms with Gasteiger partial charge in [0, 0.05) is 18.4 Å². The molecule has 0 saturated carbocycles. The standard InChI is InChI=1S/C18H21NO2/c1-13(2)16-6-4-5-7-17(16)19-18(20)15-10-8-14(9-11-15)12-21-3/h4-11,13H,12H2,1-3H3,(H,19,20). The molecule has 0 aliphatic rings. The van der Waals surface area contributed by atoms with E-state index in [0.29, 0.717) is 18.1 Å². The van der Waals surface area contributed by atoms with Crippen LogP contribution in [0.2, 0.25) is 0 Å². The van der Waals surface area contributed by atoms with Crippen LogP contribution < -0.4 is 5.32 Å². The van der Waals surface area contributed by atoms with E-state index in [4.69, 9.17) is 4.74 Å². The Morgan fingerprint density at radius 2 is 1.76 bits per heavy atom. The van der Waals surface area contributed by atoms with Crippen LogP contribution in [0, 0.1) is 0 Å². The molecule has 0 spiro atoms. The van der Waals surface area contributed by atoms with Gasteiger partial charge in [-0.25, -0.2) is 0 Å². The summed E-state index contributed by atoms with van der Waals surface area (Å²) in [4.78, 5) is 12.3. The number of benzene rings is 2. The predicted molar refractivity (Wildman–Crippen MR) is 85.6 cm³/mol. The highest BCUT2D eigenvalue weighted by molar-refractivity contribution is 6.04. The Bertz CT molecular complexity index is 603. The van der Waals surface area contributed by atoms with Gasteiger partial charge < -0.3 is 10.1 Å². The van der Waals surface area contributed by atoms with Crippen LogP contribution in [0.3, 0.4) is 0 Å². The third-order valence-corrected chi connectivity index (χ3v) is 3.36. The number of para-hydroxylation sites is 1. The van der Waals surface area contributed by atoms with E-state index in [-0.39, 0.29) is 5.91 Å². The van der Waals surface area contributed by atoms with Crippen LogP contribution in [0.1, 0.15) is 41.3 Å². The van der Waals surface area contributed by atoms with Gasteiger partial charge in [0.15, 0.2) is 0 Å². The normalized spacial score (nSPS) is 10.7. The fourth-order valence-corrected chi connectivity index (χ4v) is 2.23. The summed E-state index contributed by atoms with van der Waals surface area (Å²) in [5.74, 6) is 0.276. The van der Waals surface area contributed by atoms with Crippen LogP contribution in [0.25, 0.3) is 0 Å². The fraction of sp³-hybridized carbons (Fsp3) is 0.278. The van der Waals surface area contributed by atoms with E-state index in [1.54, 1.807) is 7.11 Å². The summed E-state index contributed by atoms with van der Waals surface area (Å²) in [7, 11) is 1.66. The van der Waals surface area contributed by atoms with Crippen molar-refractivity contribution >= 4 is 11.6 Å². The molecule has 2 aromatic rings. The number of nitrogens with one attached hydrogen (secondary N) is 1. The predicted octanol–water partition coefficient (Wildman–Crippen LogP) is 4.21. The van der Waals surface area contributed by atoms with E-state index in [1.807, 2.05) is 48.5 Å². The smallest absolute Gasteiger partial charge is 0.255 e. The largest absolute Gasteiger partial charge is 0.380 e. The first-order valence-corrected chi connectivity index (χ1v) is 7.10. The lowest BCUT2D eigenvalue weighted by molar-refractivity contribution is 0.102. The summed E-state index contributed by atoms with van der Waals surface area (Å²) < 4.78 is 5.07. The van der Waals surface area contributed by atoms with Gasteiger partial charge in [0.05, 0.1) is 6.61 Å². The summed E-state index contributed by atoms with van der Waals surface area (Å²) in [6.45, 7) is 4.78. The van der Waals surface area contributed by atoms with E-state index in [0.717, 1.165) is 16.8 Å². The molecule has 21 heavy (non-hydrogen) atoms. The van der Waals surface area contributed by atoms with Crippen molar-refractivity contribution in [2.75, 3.05) is 12.4 Å². The van der Waals surface area contributed by atoms with Crippen molar-refractivity contribution in [2.24, 2.45) is 0 Å². The van der Waals surface area contributed by atoms with Crippen molar-refractivity contribution < 1.29 is 9.53 Å². The van der Waals surface area contributed by atoms with Gasteiger partial charge in [-0.3, -0.25) is 4.79 Å². The van der Waals surface area contributed by atoms with Crippen molar-refractivity contribution in [2.45, 2.75) is 26.4 Å². The Kier molecular flexibility index (Phi) is 5.12. The second kappa shape index (κ2) is 7.04. The highest BCUT2D eigenvalue weighted by Gasteiger charge is 2.10. The summed E-state index contributed by atoms with van der Waals surface area (Å²) in [5.41, 5.74) is 3.71. The van der Waals surface area contributed by atoms with Crippen LogP contribution in [0.4, 0.5) is 5.69 Å². The quantitative estimate of drug-likeness (QED) is 0.892. The van der Waals surface area contributed by atoms with E-state index < -0.39 is 0 Å². The minimum atomic E-state index is -0.0907. The average Bonchev–Trinajstić information content (AvgIpc) is 2.48. The Hall–Kier alpha value is -2.13. The number of methoxy groups -OCH3 is 1. The molecule has 2 rings (SSSR count). The molecule has 1 N–H and O–H groups in total. The summed E-state index contributed by atoms with van der Waals surface area (Å²) in [6.07, 6.45) is 0. The molecule has 0 radical (unpaired) electrons. The number of amides is 1. The van der Waals surface area contributed by atoms with Gasteiger partial charge in [-0.05, 0) is 35.2 Å². The first-order chi connectivity index (χ1) is 10.1. The third kappa shape index (κ3) is 3.92. The molecule has 0 atom stereocenters. The molecule has 0 bridgehead atoms. The first kappa shape index (κ1) is 15.3. The van der Waals surface area contributed by atoms with E-state index in [9.17, 15) is 4.79 Å². The highest BCUT2D eigenvalue weighted by Crippen LogP contribution is 2.24. The van der Waals surface area contributed by atoms with Gasteiger partial charge in [-0.2, -0.15) is 0 Å². The minimum Gasteiger partial charge on any atom is -0.380 e. The highest BCUT2D eigenvalue weighted by atomic mass is 16.5. The Labute approximate surface area is 126 Å². The number of ether oxygens (including phenoxy) is 1. The number of rotatable bonds is 5.